The van der Waals surface area contributed by atoms with Gasteiger partial charge in [-0.25, -0.2) is 0 Å². The second-order valence-electron chi connectivity index (χ2n) is 8.04. The maximum Gasteiger partial charge on any atom is 0.197 e. The topological polar surface area (TPSA) is 66.4 Å². The second kappa shape index (κ2) is 9.13. The molecule has 1 aromatic rings. The minimum absolute atomic E-state index is 0.191. The lowest BCUT2D eigenvalue weighted by molar-refractivity contribution is -0.124. The zero-order valence-electron chi connectivity index (χ0n) is 16.3. The van der Waals surface area contributed by atoms with Crippen molar-refractivity contribution in [2.45, 2.75) is 59.6 Å². The predicted octanol–water partition coefficient (Wildman–Crippen LogP) is 3.64. The summed E-state index contributed by atoms with van der Waals surface area (Å²) >= 11 is 0. The van der Waals surface area contributed by atoms with Gasteiger partial charge in [-0.15, -0.1) is 0 Å². The smallest absolute Gasteiger partial charge is 0.197 e. The quantitative estimate of drug-likeness (QED) is 0.551. The van der Waals surface area contributed by atoms with Gasteiger partial charge in [0.2, 0.25) is 0 Å². The Kier molecular flexibility index (Phi) is 7.15. The predicted molar refractivity (Wildman–Crippen MR) is 103 cm³/mol. The Hall–Kier alpha value is -1.94. The molecule has 0 bridgehead atoms. The molecule has 0 aromatic heterocycles. The normalized spacial score (nSPS) is 22.4. The fourth-order valence-corrected chi connectivity index (χ4v) is 3.36. The summed E-state index contributed by atoms with van der Waals surface area (Å²) in [6, 6.07) is 9.89. The van der Waals surface area contributed by atoms with Crippen LogP contribution < -0.4 is 5.32 Å². The lowest BCUT2D eigenvalue weighted by atomic mass is 9.93. The van der Waals surface area contributed by atoms with Crippen LogP contribution >= 0.6 is 0 Å². The van der Waals surface area contributed by atoms with Gasteiger partial charge in [-0.2, -0.15) is 0 Å². The number of hydrogen-bond donors (Lipinski definition) is 2. The first-order valence-electron chi connectivity index (χ1n) is 9.58. The second-order valence-corrected chi connectivity index (χ2v) is 8.04. The number of aliphatic hydroxyl groups is 1. The molecular weight excluding hydrogens is 326 g/mol. The molecule has 0 radical (unpaired) electrons. The Bertz CT molecular complexity index is 661. The highest BCUT2D eigenvalue weighted by molar-refractivity contribution is 6.28. The molecule has 1 aliphatic rings. The lowest BCUT2D eigenvalue weighted by Crippen LogP contribution is -2.23. The van der Waals surface area contributed by atoms with Crippen LogP contribution in [-0.4, -0.2) is 22.8 Å². The average Bonchev–Trinajstić information content (AvgIpc) is 2.80. The number of ketones is 2. The van der Waals surface area contributed by atoms with Gasteiger partial charge in [0.25, 0.3) is 0 Å². The SMILES string of the molecule is CC(C)CCC1C(=O)/C(=C(/CC(C)C)NCc2ccccc2)C(=O)C1O. The van der Waals surface area contributed by atoms with Crippen LogP contribution in [0.15, 0.2) is 41.6 Å². The summed E-state index contributed by atoms with van der Waals surface area (Å²) in [5.41, 5.74) is 1.95. The molecule has 1 fully saturated rings. The van der Waals surface area contributed by atoms with Gasteiger partial charge in [0.1, 0.15) is 6.10 Å². The summed E-state index contributed by atoms with van der Waals surface area (Å²) in [5, 5.41) is 13.7. The van der Waals surface area contributed by atoms with Crippen molar-refractivity contribution in [2.75, 3.05) is 0 Å². The number of carbonyl (C=O) groups is 2. The van der Waals surface area contributed by atoms with Crippen LogP contribution in [0, 0.1) is 17.8 Å². The number of carbonyl (C=O) groups excluding carboxylic acids is 2. The standard InChI is InChI=1S/C22H31NO3/c1-14(2)10-11-17-20(24)19(22(26)21(17)25)18(12-15(3)4)23-13-16-8-6-5-7-9-16/h5-9,14-15,17,21,23,25H,10-13H2,1-4H3/b19-18+. The zero-order valence-corrected chi connectivity index (χ0v) is 16.3. The van der Waals surface area contributed by atoms with E-state index < -0.39 is 17.8 Å². The van der Waals surface area contributed by atoms with Crippen molar-refractivity contribution in [1.29, 1.82) is 0 Å². The number of benzene rings is 1. The fraction of sp³-hybridized carbons (Fsp3) is 0.545. The van der Waals surface area contributed by atoms with Crippen LogP contribution in [0.1, 0.15) is 52.5 Å². The Morgan fingerprint density at radius 3 is 2.27 bits per heavy atom. The van der Waals surface area contributed by atoms with Crippen molar-refractivity contribution < 1.29 is 14.7 Å². The molecule has 2 atom stereocenters. The van der Waals surface area contributed by atoms with Crippen molar-refractivity contribution >= 4 is 11.6 Å². The van der Waals surface area contributed by atoms with Crippen LogP contribution in [0.25, 0.3) is 0 Å². The van der Waals surface area contributed by atoms with Gasteiger partial charge >= 0.3 is 0 Å². The number of Topliss-reactive ketones (excluding diaryl/α,β-unsaturated/α-hetero) is 2. The average molecular weight is 357 g/mol. The fourth-order valence-electron chi connectivity index (χ4n) is 3.36. The van der Waals surface area contributed by atoms with Crippen molar-refractivity contribution in [3.8, 4) is 0 Å². The van der Waals surface area contributed by atoms with E-state index in [9.17, 15) is 14.7 Å². The molecule has 26 heavy (non-hydrogen) atoms. The summed E-state index contributed by atoms with van der Waals surface area (Å²) in [6.45, 7) is 8.83. The first kappa shape index (κ1) is 20.4. The summed E-state index contributed by atoms with van der Waals surface area (Å²) in [5.74, 6) is -0.474. The first-order valence-corrected chi connectivity index (χ1v) is 9.58. The van der Waals surface area contributed by atoms with Crippen LogP contribution in [0.3, 0.4) is 0 Å². The highest BCUT2D eigenvalue weighted by Gasteiger charge is 2.45. The van der Waals surface area contributed by atoms with Crippen LogP contribution in [-0.2, 0) is 16.1 Å². The monoisotopic (exact) mass is 357 g/mol. The van der Waals surface area contributed by atoms with Crippen molar-refractivity contribution in [2.24, 2.45) is 17.8 Å². The Balaban J connectivity index is 2.25. The Morgan fingerprint density at radius 2 is 1.69 bits per heavy atom. The molecule has 0 heterocycles. The zero-order chi connectivity index (χ0) is 19.3. The van der Waals surface area contributed by atoms with Gasteiger partial charge in [-0.3, -0.25) is 9.59 Å². The van der Waals surface area contributed by atoms with Crippen LogP contribution in [0.5, 0.6) is 0 Å². The molecule has 2 unspecified atom stereocenters. The third kappa shape index (κ3) is 5.04. The number of aliphatic hydroxyl groups excluding tert-OH is 1. The van der Waals surface area contributed by atoms with Gasteiger partial charge in [0.05, 0.1) is 11.5 Å². The molecule has 0 aliphatic heterocycles. The molecule has 142 valence electrons. The van der Waals surface area contributed by atoms with E-state index in [0.717, 1.165) is 12.0 Å². The maximum atomic E-state index is 12.9. The van der Waals surface area contributed by atoms with E-state index in [1.165, 1.54) is 0 Å². The lowest BCUT2D eigenvalue weighted by Gasteiger charge is -2.16. The van der Waals surface area contributed by atoms with Crippen LogP contribution in [0.4, 0.5) is 0 Å². The molecule has 0 saturated heterocycles. The van der Waals surface area contributed by atoms with Gasteiger partial charge < -0.3 is 10.4 Å². The third-order valence-corrected chi connectivity index (χ3v) is 4.80. The Labute approximate surface area is 156 Å². The van der Waals surface area contributed by atoms with Gasteiger partial charge in [-0.05, 0) is 30.2 Å². The molecule has 4 nitrogen and oxygen atoms in total. The number of rotatable bonds is 8. The van der Waals surface area contributed by atoms with Crippen molar-refractivity contribution in [1.82, 2.24) is 5.32 Å². The number of hydrogen-bond acceptors (Lipinski definition) is 4. The molecule has 1 aromatic carbocycles. The largest absolute Gasteiger partial charge is 0.384 e. The third-order valence-electron chi connectivity index (χ3n) is 4.80. The highest BCUT2D eigenvalue weighted by Crippen LogP contribution is 2.32. The molecular formula is C22H31NO3. The van der Waals surface area contributed by atoms with E-state index in [2.05, 4.69) is 33.0 Å². The summed E-state index contributed by atoms with van der Waals surface area (Å²) in [6.07, 6.45) is 0.798. The summed E-state index contributed by atoms with van der Waals surface area (Å²) in [4.78, 5) is 25.5. The molecule has 0 amide bonds. The van der Waals surface area contributed by atoms with Crippen molar-refractivity contribution in [3.05, 3.63) is 47.2 Å². The molecule has 2 rings (SSSR count). The van der Waals surface area contributed by atoms with Gasteiger partial charge in [0, 0.05) is 12.2 Å². The number of allylic oxidation sites excluding steroid dienone is 1. The molecule has 1 aliphatic carbocycles. The van der Waals surface area contributed by atoms with E-state index in [0.29, 0.717) is 36.9 Å². The van der Waals surface area contributed by atoms with E-state index in [1.807, 2.05) is 30.3 Å². The van der Waals surface area contributed by atoms with Crippen molar-refractivity contribution in [3.63, 3.8) is 0 Å². The van der Waals surface area contributed by atoms with Crippen LogP contribution in [0.2, 0.25) is 0 Å². The molecule has 4 heteroatoms. The summed E-state index contributed by atoms with van der Waals surface area (Å²) < 4.78 is 0. The summed E-state index contributed by atoms with van der Waals surface area (Å²) in [7, 11) is 0. The van der Waals surface area contributed by atoms with E-state index >= 15 is 0 Å². The minimum Gasteiger partial charge on any atom is -0.384 e. The number of nitrogens with one attached hydrogen (secondary N) is 1. The maximum absolute atomic E-state index is 12.9. The first-order chi connectivity index (χ1) is 12.3. The molecule has 2 N–H and O–H groups in total. The highest BCUT2D eigenvalue weighted by atomic mass is 16.3. The van der Waals surface area contributed by atoms with Gasteiger partial charge in [-0.1, -0.05) is 64.4 Å². The molecule has 1 saturated carbocycles. The Morgan fingerprint density at radius 1 is 1.04 bits per heavy atom. The van der Waals surface area contributed by atoms with E-state index in [1.54, 1.807) is 0 Å². The van der Waals surface area contributed by atoms with E-state index in [4.69, 9.17) is 0 Å². The van der Waals surface area contributed by atoms with E-state index in [-0.39, 0.29) is 11.4 Å². The van der Waals surface area contributed by atoms with Gasteiger partial charge in [0.15, 0.2) is 11.6 Å². The minimum atomic E-state index is -1.20. The molecule has 0 spiro atoms.